The van der Waals surface area contributed by atoms with Crippen LogP contribution in [0.5, 0.6) is 0 Å². The van der Waals surface area contributed by atoms with E-state index in [1.54, 1.807) is 0 Å². The average molecular weight is 270 g/mol. The fraction of sp³-hybridized carbons (Fsp3) is 0.538. The molecule has 0 aliphatic carbocycles. The van der Waals surface area contributed by atoms with Gasteiger partial charge in [0.2, 0.25) is 10.0 Å². The molecule has 0 aliphatic rings. The third kappa shape index (κ3) is 5.51. The number of aryl methyl sites for hydroxylation is 1. The number of sulfonamides is 1. The van der Waals surface area contributed by atoms with Gasteiger partial charge < -0.3 is 5.73 Å². The van der Waals surface area contributed by atoms with Crippen molar-refractivity contribution in [2.45, 2.75) is 32.6 Å². The summed E-state index contributed by atoms with van der Waals surface area (Å²) in [5, 5.41) is 0. The highest BCUT2D eigenvalue weighted by atomic mass is 32.2. The maximum absolute atomic E-state index is 11.6. The van der Waals surface area contributed by atoms with Gasteiger partial charge in [-0.25, -0.2) is 8.42 Å². The standard InChI is InChI=1S/C13H22N2O2S/c1-2-3-5-12-6-8-13(9-7-12)15-18(16,17)11-4-10-14/h6-9,15H,2-5,10-11,14H2,1H3. The van der Waals surface area contributed by atoms with Gasteiger partial charge in [-0.2, -0.15) is 0 Å². The van der Waals surface area contributed by atoms with Crippen LogP contribution >= 0.6 is 0 Å². The molecule has 5 heteroatoms. The van der Waals surface area contributed by atoms with E-state index in [-0.39, 0.29) is 5.75 Å². The highest BCUT2D eigenvalue weighted by molar-refractivity contribution is 7.92. The molecule has 0 radical (unpaired) electrons. The third-order valence-electron chi connectivity index (χ3n) is 2.66. The van der Waals surface area contributed by atoms with Crippen molar-refractivity contribution in [3.8, 4) is 0 Å². The third-order valence-corrected chi connectivity index (χ3v) is 4.04. The first-order valence-corrected chi connectivity index (χ1v) is 8.02. The van der Waals surface area contributed by atoms with Crippen molar-refractivity contribution < 1.29 is 8.42 Å². The molecule has 1 rings (SSSR count). The fourth-order valence-electron chi connectivity index (χ4n) is 1.62. The molecule has 3 N–H and O–H groups in total. The minimum Gasteiger partial charge on any atom is -0.330 e. The van der Waals surface area contributed by atoms with Gasteiger partial charge in [0, 0.05) is 5.69 Å². The van der Waals surface area contributed by atoms with Gasteiger partial charge in [-0.3, -0.25) is 4.72 Å². The Hall–Kier alpha value is -1.07. The molecular weight excluding hydrogens is 248 g/mol. The van der Waals surface area contributed by atoms with E-state index >= 15 is 0 Å². The normalized spacial score (nSPS) is 11.4. The molecule has 1 aromatic carbocycles. The number of nitrogens with two attached hydrogens (primary N) is 1. The van der Waals surface area contributed by atoms with E-state index in [0.29, 0.717) is 18.7 Å². The van der Waals surface area contributed by atoms with Crippen LogP contribution in [0.4, 0.5) is 5.69 Å². The van der Waals surface area contributed by atoms with Gasteiger partial charge in [0.25, 0.3) is 0 Å². The SMILES string of the molecule is CCCCc1ccc(NS(=O)(=O)CCCN)cc1. The van der Waals surface area contributed by atoms with Crippen molar-refractivity contribution in [2.75, 3.05) is 17.0 Å². The zero-order chi connectivity index (χ0) is 13.4. The van der Waals surface area contributed by atoms with Crippen molar-refractivity contribution >= 4 is 15.7 Å². The van der Waals surface area contributed by atoms with Crippen LogP contribution in [-0.4, -0.2) is 20.7 Å². The van der Waals surface area contributed by atoms with Crippen LogP contribution in [0.25, 0.3) is 0 Å². The Morgan fingerprint density at radius 3 is 2.39 bits per heavy atom. The van der Waals surface area contributed by atoms with Crippen molar-refractivity contribution in [3.05, 3.63) is 29.8 Å². The Morgan fingerprint density at radius 2 is 1.83 bits per heavy atom. The molecule has 0 fully saturated rings. The molecule has 0 aliphatic heterocycles. The summed E-state index contributed by atoms with van der Waals surface area (Å²) in [6.07, 6.45) is 3.83. The number of hydrogen-bond acceptors (Lipinski definition) is 3. The Kier molecular flexibility index (Phi) is 6.15. The first kappa shape index (κ1) is 15.0. The quantitative estimate of drug-likeness (QED) is 0.760. The Morgan fingerprint density at radius 1 is 1.17 bits per heavy atom. The Labute approximate surface area is 110 Å². The zero-order valence-corrected chi connectivity index (χ0v) is 11.7. The number of anilines is 1. The number of benzene rings is 1. The van der Waals surface area contributed by atoms with E-state index in [1.807, 2.05) is 24.3 Å². The lowest BCUT2D eigenvalue weighted by Gasteiger charge is -2.08. The maximum atomic E-state index is 11.6. The predicted molar refractivity (Wildman–Crippen MR) is 76.1 cm³/mol. The van der Waals surface area contributed by atoms with E-state index < -0.39 is 10.0 Å². The maximum Gasteiger partial charge on any atom is 0.232 e. The second kappa shape index (κ2) is 7.38. The van der Waals surface area contributed by atoms with Gasteiger partial charge in [-0.05, 0) is 43.5 Å². The highest BCUT2D eigenvalue weighted by Crippen LogP contribution is 2.13. The van der Waals surface area contributed by atoms with Gasteiger partial charge in [0.05, 0.1) is 5.75 Å². The second-order valence-corrected chi connectivity index (χ2v) is 6.21. The van der Waals surface area contributed by atoms with Crippen molar-refractivity contribution in [1.82, 2.24) is 0 Å². The lowest BCUT2D eigenvalue weighted by molar-refractivity contribution is 0.599. The molecule has 0 heterocycles. The van der Waals surface area contributed by atoms with Crippen LogP contribution in [0.2, 0.25) is 0 Å². The van der Waals surface area contributed by atoms with Gasteiger partial charge in [-0.15, -0.1) is 0 Å². The second-order valence-electron chi connectivity index (χ2n) is 4.36. The summed E-state index contributed by atoms with van der Waals surface area (Å²) in [6, 6.07) is 7.56. The molecule has 0 atom stereocenters. The van der Waals surface area contributed by atoms with Gasteiger partial charge >= 0.3 is 0 Å². The fourth-order valence-corrected chi connectivity index (χ4v) is 2.77. The zero-order valence-electron chi connectivity index (χ0n) is 10.9. The molecule has 0 spiro atoms. The minimum atomic E-state index is -3.26. The summed E-state index contributed by atoms with van der Waals surface area (Å²) >= 11 is 0. The molecular formula is C13H22N2O2S. The summed E-state index contributed by atoms with van der Waals surface area (Å²) < 4.78 is 25.9. The van der Waals surface area contributed by atoms with Crippen LogP contribution < -0.4 is 10.5 Å². The topological polar surface area (TPSA) is 72.2 Å². The summed E-state index contributed by atoms with van der Waals surface area (Å²) in [6.45, 7) is 2.54. The first-order chi connectivity index (χ1) is 8.57. The van der Waals surface area contributed by atoms with Gasteiger partial charge in [-0.1, -0.05) is 25.5 Å². The molecule has 0 saturated carbocycles. The monoisotopic (exact) mass is 270 g/mol. The van der Waals surface area contributed by atoms with E-state index in [4.69, 9.17) is 5.73 Å². The van der Waals surface area contributed by atoms with E-state index in [2.05, 4.69) is 11.6 Å². The van der Waals surface area contributed by atoms with Crippen molar-refractivity contribution in [3.63, 3.8) is 0 Å². The lowest BCUT2D eigenvalue weighted by atomic mass is 10.1. The first-order valence-electron chi connectivity index (χ1n) is 6.37. The van der Waals surface area contributed by atoms with E-state index in [0.717, 1.165) is 19.3 Å². The van der Waals surface area contributed by atoms with Crippen LogP contribution in [0.3, 0.4) is 0 Å². The molecule has 0 unspecified atom stereocenters. The summed E-state index contributed by atoms with van der Waals surface area (Å²) in [5.41, 5.74) is 7.16. The Balaban J connectivity index is 2.57. The average Bonchev–Trinajstić information content (AvgIpc) is 2.35. The molecule has 18 heavy (non-hydrogen) atoms. The molecule has 102 valence electrons. The number of hydrogen-bond donors (Lipinski definition) is 2. The summed E-state index contributed by atoms with van der Waals surface area (Å²) in [7, 11) is -3.26. The number of rotatable bonds is 8. The van der Waals surface area contributed by atoms with Gasteiger partial charge in [0.15, 0.2) is 0 Å². The molecule has 0 saturated heterocycles. The number of unbranched alkanes of at least 4 members (excludes halogenated alkanes) is 1. The summed E-state index contributed by atoms with van der Waals surface area (Å²) in [5.74, 6) is 0.0705. The van der Waals surface area contributed by atoms with Crippen LogP contribution in [0.15, 0.2) is 24.3 Å². The van der Waals surface area contributed by atoms with E-state index in [1.165, 1.54) is 5.56 Å². The van der Waals surface area contributed by atoms with Crippen LogP contribution in [-0.2, 0) is 16.4 Å². The molecule has 0 bridgehead atoms. The van der Waals surface area contributed by atoms with Crippen molar-refractivity contribution in [1.29, 1.82) is 0 Å². The van der Waals surface area contributed by atoms with E-state index in [9.17, 15) is 8.42 Å². The van der Waals surface area contributed by atoms with Crippen molar-refractivity contribution in [2.24, 2.45) is 5.73 Å². The van der Waals surface area contributed by atoms with Crippen LogP contribution in [0.1, 0.15) is 31.7 Å². The largest absolute Gasteiger partial charge is 0.330 e. The van der Waals surface area contributed by atoms with Crippen LogP contribution in [0, 0.1) is 0 Å². The number of nitrogens with one attached hydrogen (secondary N) is 1. The molecule has 0 aromatic heterocycles. The lowest BCUT2D eigenvalue weighted by Crippen LogP contribution is -2.18. The molecule has 1 aromatic rings. The predicted octanol–water partition coefficient (Wildman–Crippen LogP) is 2.12. The highest BCUT2D eigenvalue weighted by Gasteiger charge is 2.09. The van der Waals surface area contributed by atoms with Gasteiger partial charge in [0.1, 0.15) is 0 Å². The smallest absolute Gasteiger partial charge is 0.232 e. The molecule has 4 nitrogen and oxygen atoms in total. The minimum absolute atomic E-state index is 0.0705. The summed E-state index contributed by atoms with van der Waals surface area (Å²) in [4.78, 5) is 0. The Bertz CT molecular complexity index is 441. The molecule has 0 amide bonds.